The van der Waals surface area contributed by atoms with Crippen molar-refractivity contribution in [1.29, 1.82) is 0 Å². The predicted octanol–water partition coefficient (Wildman–Crippen LogP) is 3.68. The third-order valence-electron chi connectivity index (χ3n) is 4.65. The topological polar surface area (TPSA) is 41.6 Å². The molecular weight excluding hydrogens is 324 g/mol. The van der Waals surface area contributed by atoms with Gasteiger partial charge in [0, 0.05) is 25.6 Å². The van der Waals surface area contributed by atoms with E-state index in [4.69, 9.17) is 4.74 Å². The molecule has 1 aliphatic heterocycles. The molecule has 4 nitrogen and oxygen atoms in total. The molecule has 0 saturated carbocycles. The van der Waals surface area contributed by atoms with E-state index in [1.165, 1.54) is 11.1 Å². The Bertz CT molecular complexity index is 730. The van der Waals surface area contributed by atoms with Gasteiger partial charge in [-0.15, -0.1) is 6.58 Å². The second kappa shape index (κ2) is 9.09. The molecule has 4 heteroatoms. The number of hydrogen-bond donors (Lipinski definition) is 1. The molecule has 0 aliphatic carbocycles. The molecule has 0 fully saturated rings. The standard InChI is InChI=1S/C22H26N2O2/c1-2-13-24(14-12-18-8-4-3-5-9-18)22(25)23-16-19-15-20-10-6-7-11-21(20)26-17-19/h2-11,19H,1,12-17H2,(H,23,25). The number of carbonyl (C=O) groups excluding carboxylic acids is 1. The fourth-order valence-corrected chi connectivity index (χ4v) is 3.21. The van der Waals surface area contributed by atoms with Gasteiger partial charge in [-0.05, 0) is 30.0 Å². The highest BCUT2D eigenvalue weighted by Gasteiger charge is 2.21. The van der Waals surface area contributed by atoms with Crippen LogP contribution in [-0.2, 0) is 12.8 Å². The Kier molecular flexibility index (Phi) is 6.31. The van der Waals surface area contributed by atoms with Crippen molar-refractivity contribution in [3.63, 3.8) is 0 Å². The SMILES string of the molecule is C=CCN(CCc1ccccc1)C(=O)NCC1COc2ccccc2C1. The first kappa shape index (κ1) is 18.1. The largest absolute Gasteiger partial charge is 0.493 e. The van der Waals surface area contributed by atoms with Crippen LogP contribution in [0.25, 0.3) is 0 Å². The van der Waals surface area contributed by atoms with Gasteiger partial charge in [0.1, 0.15) is 5.75 Å². The van der Waals surface area contributed by atoms with Crippen LogP contribution in [-0.4, -0.2) is 37.2 Å². The number of hydrogen-bond acceptors (Lipinski definition) is 2. The molecule has 2 amide bonds. The third-order valence-corrected chi connectivity index (χ3v) is 4.65. The molecule has 2 aromatic rings. The number of carbonyl (C=O) groups is 1. The zero-order chi connectivity index (χ0) is 18.2. The van der Waals surface area contributed by atoms with E-state index >= 15 is 0 Å². The molecule has 1 N–H and O–H groups in total. The lowest BCUT2D eigenvalue weighted by Crippen LogP contribution is -2.44. The quantitative estimate of drug-likeness (QED) is 0.774. The van der Waals surface area contributed by atoms with Crippen molar-refractivity contribution in [3.05, 3.63) is 78.4 Å². The summed E-state index contributed by atoms with van der Waals surface area (Å²) < 4.78 is 5.80. The lowest BCUT2D eigenvalue weighted by atomic mass is 9.97. The fraction of sp³-hybridized carbons (Fsp3) is 0.318. The molecule has 0 saturated heterocycles. The summed E-state index contributed by atoms with van der Waals surface area (Å²) in [5.74, 6) is 1.26. The number of para-hydroxylation sites is 1. The van der Waals surface area contributed by atoms with Crippen molar-refractivity contribution in [2.75, 3.05) is 26.2 Å². The molecule has 26 heavy (non-hydrogen) atoms. The highest BCUT2D eigenvalue weighted by molar-refractivity contribution is 5.74. The number of nitrogens with one attached hydrogen (secondary N) is 1. The first-order valence-electron chi connectivity index (χ1n) is 9.14. The Morgan fingerprint density at radius 2 is 1.96 bits per heavy atom. The zero-order valence-electron chi connectivity index (χ0n) is 15.1. The summed E-state index contributed by atoms with van der Waals surface area (Å²) in [5, 5.41) is 3.06. The summed E-state index contributed by atoms with van der Waals surface area (Å²) in [6, 6.07) is 18.3. The highest BCUT2D eigenvalue weighted by Crippen LogP contribution is 2.26. The van der Waals surface area contributed by atoms with Crippen molar-refractivity contribution in [3.8, 4) is 5.75 Å². The Morgan fingerprint density at radius 3 is 2.77 bits per heavy atom. The van der Waals surface area contributed by atoms with Crippen molar-refractivity contribution in [2.24, 2.45) is 5.92 Å². The van der Waals surface area contributed by atoms with Crippen molar-refractivity contribution in [1.82, 2.24) is 10.2 Å². The number of nitrogens with zero attached hydrogens (tertiary/aromatic N) is 1. The van der Waals surface area contributed by atoms with Gasteiger partial charge in [0.15, 0.2) is 0 Å². The number of ether oxygens (including phenoxy) is 1. The number of amides is 2. The minimum absolute atomic E-state index is 0.0420. The Balaban J connectivity index is 1.49. The van der Waals surface area contributed by atoms with Crippen LogP contribution in [0.5, 0.6) is 5.75 Å². The first-order valence-corrected chi connectivity index (χ1v) is 9.14. The van der Waals surface area contributed by atoms with Crippen molar-refractivity contribution >= 4 is 6.03 Å². The molecule has 2 aromatic carbocycles. The van der Waals surface area contributed by atoms with E-state index in [1.54, 1.807) is 11.0 Å². The molecule has 1 atom stereocenters. The van der Waals surface area contributed by atoms with E-state index in [0.717, 1.165) is 18.6 Å². The summed E-state index contributed by atoms with van der Waals surface area (Å²) in [6.07, 6.45) is 3.54. The van der Waals surface area contributed by atoms with Gasteiger partial charge in [-0.2, -0.15) is 0 Å². The van der Waals surface area contributed by atoms with E-state index in [0.29, 0.717) is 32.2 Å². The minimum Gasteiger partial charge on any atom is -0.493 e. The molecule has 0 spiro atoms. The van der Waals surface area contributed by atoms with Gasteiger partial charge in [-0.25, -0.2) is 4.79 Å². The average Bonchev–Trinajstić information content (AvgIpc) is 2.70. The molecule has 3 rings (SSSR count). The monoisotopic (exact) mass is 350 g/mol. The van der Waals surface area contributed by atoms with Crippen LogP contribution in [0.4, 0.5) is 4.79 Å². The third kappa shape index (κ3) is 4.88. The lowest BCUT2D eigenvalue weighted by Gasteiger charge is -2.27. The van der Waals surface area contributed by atoms with Crippen LogP contribution < -0.4 is 10.1 Å². The number of benzene rings is 2. The fourth-order valence-electron chi connectivity index (χ4n) is 3.21. The second-order valence-corrected chi connectivity index (χ2v) is 6.65. The Labute approximate surface area is 155 Å². The molecule has 136 valence electrons. The van der Waals surface area contributed by atoms with Crippen molar-refractivity contribution in [2.45, 2.75) is 12.8 Å². The summed E-state index contributed by atoms with van der Waals surface area (Å²) in [5.41, 5.74) is 2.44. The van der Waals surface area contributed by atoms with Gasteiger partial charge in [0.05, 0.1) is 6.61 Å². The second-order valence-electron chi connectivity index (χ2n) is 6.65. The summed E-state index contributed by atoms with van der Waals surface area (Å²) >= 11 is 0. The van der Waals surface area contributed by atoms with Gasteiger partial charge in [0.2, 0.25) is 0 Å². The van der Waals surface area contributed by atoms with Crippen molar-refractivity contribution < 1.29 is 9.53 Å². The van der Waals surface area contributed by atoms with E-state index in [9.17, 15) is 4.79 Å². The average molecular weight is 350 g/mol. The molecular formula is C22H26N2O2. The van der Waals surface area contributed by atoms with Gasteiger partial charge < -0.3 is 15.0 Å². The first-order chi connectivity index (χ1) is 12.8. The zero-order valence-corrected chi connectivity index (χ0v) is 15.1. The van der Waals surface area contributed by atoms with E-state index in [-0.39, 0.29) is 6.03 Å². The van der Waals surface area contributed by atoms with Crippen LogP contribution in [0.1, 0.15) is 11.1 Å². The Hall–Kier alpha value is -2.75. The van der Waals surface area contributed by atoms with E-state index in [1.807, 2.05) is 36.4 Å². The molecule has 1 aliphatic rings. The van der Waals surface area contributed by atoms with E-state index in [2.05, 4.69) is 30.1 Å². The van der Waals surface area contributed by atoms with Gasteiger partial charge in [-0.1, -0.05) is 54.6 Å². The maximum Gasteiger partial charge on any atom is 0.317 e. The lowest BCUT2D eigenvalue weighted by molar-refractivity contribution is 0.190. The van der Waals surface area contributed by atoms with Gasteiger partial charge in [-0.3, -0.25) is 0 Å². The number of fused-ring (bicyclic) bond motifs is 1. The summed E-state index contributed by atoms with van der Waals surface area (Å²) in [6.45, 7) is 6.25. The minimum atomic E-state index is -0.0420. The molecule has 0 radical (unpaired) electrons. The number of rotatable bonds is 7. The van der Waals surface area contributed by atoms with E-state index < -0.39 is 0 Å². The maximum atomic E-state index is 12.6. The van der Waals surface area contributed by atoms with Crippen LogP contribution in [0.15, 0.2) is 67.3 Å². The maximum absolute atomic E-state index is 12.6. The predicted molar refractivity (Wildman–Crippen MR) is 104 cm³/mol. The van der Waals surface area contributed by atoms with Gasteiger partial charge >= 0.3 is 6.03 Å². The smallest absolute Gasteiger partial charge is 0.317 e. The summed E-state index contributed by atoms with van der Waals surface area (Å²) in [4.78, 5) is 14.4. The highest BCUT2D eigenvalue weighted by atomic mass is 16.5. The van der Waals surface area contributed by atoms with Crippen LogP contribution >= 0.6 is 0 Å². The summed E-state index contributed by atoms with van der Waals surface area (Å²) in [7, 11) is 0. The van der Waals surface area contributed by atoms with Crippen LogP contribution in [0, 0.1) is 5.92 Å². The van der Waals surface area contributed by atoms with Crippen LogP contribution in [0.3, 0.4) is 0 Å². The molecule has 1 heterocycles. The van der Waals surface area contributed by atoms with Crippen LogP contribution in [0.2, 0.25) is 0 Å². The van der Waals surface area contributed by atoms with Gasteiger partial charge in [0.25, 0.3) is 0 Å². The Morgan fingerprint density at radius 1 is 1.19 bits per heavy atom. The number of urea groups is 1. The molecule has 0 aromatic heterocycles. The molecule has 1 unspecified atom stereocenters. The molecule has 0 bridgehead atoms. The normalized spacial score (nSPS) is 15.5.